The normalized spacial score (nSPS) is 13.1. The zero-order valence-corrected chi connectivity index (χ0v) is 9.51. The van der Waals surface area contributed by atoms with Gasteiger partial charge in [0.05, 0.1) is 11.6 Å². The molecule has 1 N–H and O–H groups in total. The molecular formula is C13H14F3N. The van der Waals surface area contributed by atoms with Gasteiger partial charge >= 0.3 is 6.18 Å². The van der Waals surface area contributed by atoms with E-state index in [9.17, 15) is 13.2 Å². The second kappa shape index (κ2) is 5.74. The van der Waals surface area contributed by atoms with Crippen LogP contribution in [-0.2, 0) is 6.18 Å². The lowest BCUT2D eigenvalue weighted by molar-refractivity contribution is -0.137. The van der Waals surface area contributed by atoms with Gasteiger partial charge in [0.25, 0.3) is 0 Å². The Morgan fingerprint density at radius 1 is 1.41 bits per heavy atom. The molecule has 0 radical (unpaired) electrons. The van der Waals surface area contributed by atoms with Gasteiger partial charge in [-0.15, -0.1) is 6.42 Å². The standard InChI is InChI=1S/C13H14F3N/c1-3-8-17-12(4-2)10-6-5-7-11(9-10)13(14,15)16/h2,5-7,9,12,17H,3,8H2,1H3. The second-order valence-electron chi connectivity index (χ2n) is 3.68. The number of halogens is 3. The van der Waals surface area contributed by atoms with Gasteiger partial charge in [0.2, 0.25) is 0 Å². The third-order valence-corrected chi connectivity index (χ3v) is 2.31. The van der Waals surface area contributed by atoms with Crippen molar-refractivity contribution < 1.29 is 13.2 Å². The first-order valence-corrected chi connectivity index (χ1v) is 5.35. The second-order valence-corrected chi connectivity index (χ2v) is 3.68. The summed E-state index contributed by atoms with van der Waals surface area (Å²) in [5.74, 6) is 2.45. The molecule has 1 atom stereocenters. The first-order valence-electron chi connectivity index (χ1n) is 5.35. The van der Waals surface area contributed by atoms with Crippen molar-refractivity contribution in [3.8, 4) is 12.3 Å². The Hall–Kier alpha value is -1.47. The first-order chi connectivity index (χ1) is 7.99. The van der Waals surface area contributed by atoms with Crippen LogP contribution in [0.5, 0.6) is 0 Å². The molecule has 0 amide bonds. The predicted octanol–water partition coefficient (Wildman–Crippen LogP) is 3.38. The van der Waals surface area contributed by atoms with Gasteiger partial charge in [-0.1, -0.05) is 25.0 Å². The van der Waals surface area contributed by atoms with Crippen molar-refractivity contribution in [3.63, 3.8) is 0 Å². The van der Waals surface area contributed by atoms with E-state index in [-0.39, 0.29) is 0 Å². The highest BCUT2D eigenvalue weighted by Gasteiger charge is 2.30. The molecule has 0 saturated heterocycles. The van der Waals surface area contributed by atoms with Crippen LogP contribution in [0.1, 0.15) is 30.5 Å². The maximum atomic E-state index is 12.5. The number of terminal acetylenes is 1. The van der Waals surface area contributed by atoms with E-state index in [2.05, 4.69) is 11.2 Å². The van der Waals surface area contributed by atoms with Crippen molar-refractivity contribution in [1.29, 1.82) is 0 Å². The molecule has 1 nitrogen and oxygen atoms in total. The van der Waals surface area contributed by atoms with E-state index >= 15 is 0 Å². The molecule has 0 aromatic heterocycles. The Kier molecular flexibility index (Phi) is 4.59. The van der Waals surface area contributed by atoms with Crippen LogP contribution in [-0.4, -0.2) is 6.54 Å². The van der Waals surface area contributed by atoms with Crippen LogP contribution in [0.15, 0.2) is 24.3 Å². The van der Waals surface area contributed by atoms with Crippen molar-refractivity contribution in [1.82, 2.24) is 5.32 Å². The lowest BCUT2D eigenvalue weighted by Crippen LogP contribution is -2.21. The molecule has 0 fully saturated rings. The maximum Gasteiger partial charge on any atom is 0.416 e. The molecule has 17 heavy (non-hydrogen) atoms. The largest absolute Gasteiger partial charge is 0.416 e. The van der Waals surface area contributed by atoms with Gasteiger partial charge in [-0.3, -0.25) is 0 Å². The molecule has 1 rings (SSSR count). The summed E-state index contributed by atoms with van der Waals surface area (Å²) in [6.45, 7) is 2.64. The Morgan fingerprint density at radius 2 is 2.12 bits per heavy atom. The molecule has 92 valence electrons. The average Bonchev–Trinajstić information content (AvgIpc) is 2.29. The Bertz CT molecular complexity index is 404. The highest BCUT2D eigenvalue weighted by atomic mass is 19.4. The van der Waals surface area contributed by atoms with Gasteiger partial charge in [0.15, 0.2) is 0 Å². The van der Waals surface area contributed by atoms with Gasteiger partial charge in [-0.05, 0) is 30.7 Å². The van der Waals surface area contributed by atoms with Crippen LogP contribution < -0.4 is 5.32 Å². The molecule has 0 aliphatic rings. The highest BCUT2D eigenvalue weighted by molar-refractivity contribution is 5.31. The smallest absolute Gasteiger partial charge is 0.300 e. The van der Waals surface area contributed by atoms with Gasteiger partial charge in [-0.2, -0.15) is 13.2 Å². The molecule has 0 aliphatic heterocycles. The first kappa shape index (κ1) is 13.6. The van der Waals surface area contributed by atoms with Crippen LogP contribution >= 0.6 is 0 Å². The number of nitrogens with one attached hydrogen (secondary N) is 1. The quantitative estimate of drug-likeness (QED) is 0.797. The van der Waals surface area contributed by atoms with Crippen LogP contribution in [0.2, 0.25) is 0 Å². The third-order valence-electron chi connectivity index (χ3n) is 2.31. The summed E-state index contributed by atoms with van der Waals surface area (Å²) >= 11 is 0. The number of hydrogen-bond donors (Lipinski definition) is 1. The van der Waals surface area contributed by atoms with Crippen molar-refractivity contribution in [2.24, 2.45) is 0 Å². The van der Waals surface area contributed by atoms with Crippen molar-refractivity contribution >= 4 is 0 Å². The molecule has 1 aromatic rings. The Labute approximate surface area is 99.0 Å². The Balaban J connectivity index is 2.94. The van der Waals surface area contributed by atoms with E-state index in [1.165, 1.54) is 6.07 Å². The van der Waals surface area contributed by atoms with Crippen LogP contribution in [0.25, 0.3) is 0 Å². The minimum atomic E-state index is -4.33. The zero-order valence-electron chi connectivity index (χ0n) is 9.51. The Morgan fingerprint density at radius 3 is 2.65 bits per heavy atom. The summed E-state index contributed by atoms with van der Waals surface area (Å²) in [4.78, 5) is 0. The van der Waals surface area contributed by atoms with Gasteiger partial charge in [-0.25, -0.2) is 0 Å². The van der Waals surface area contributed by atoms with E-state index in [1.807, 2.05) is 6.92 Å². The van der Waals surface area contributed by atoms with E-state index < -0.39 is 17.8 Å². The third kappa shape index (κ3) is 3.79. The average molecular weight is 241 g/mol. The minimum Gasteiger partial charge on any atom is -0.300 e. The summed E-state index contributed by atoms with van der Waals surface area (Å²) in [7, 11) is 0. The zero-order chi connectivity index (χ0) is 12.9. The summed E-state index contributed by atoms with van der Waals surface area (Å²) < 4.78 is 37.5. The van der Waals surface area contributed by atoms with Gasteiger partial charge in [0, 0.05) is 0 Å². The summed E-state index contributed by atoms with van der Waals surface area (Å²) in [5, 5.41) is 3.01. The predicted molar refractivity (Wildman–Crippen MR) is 61.3 cm³/mol. The molecule has 0 heterocycles. The van der Waals surface area contributed by atoms with E-state index in [1.54, 1.807) is 6.07 Å². The molecule has 1 unspecified atom stereocenters. The van der Waals surface area contributed by atoms with Gasteiger partial charge < -0.3 is 5.32 Å². The molecule has 1 aromatic carbocycles. The fourth-order valence-corrected chi connectivity index (χ4v) is 1.46. The fraction of sp³-hybridized carbons (Fsp3) is 0.385. The fourth-order valence-electron chi connectivity index (χ4n) is 1.46. The molecular weight excluding hydrogens is 227 g/mol. The number of alkyl halides is 3. The molecule has 4 heteroatoms. The van der Waals surface area contributed by atoms with Crippen LogP contribution in [0.3, 0.4) is 0 Å². The molecule has 0 bridgehead atoms. The number of rotatable bonds is 4. The maximum absolute atomic E-state index is 12.5. The molecule has 0 spiro atoms. The SMILES string of the molecule is C#CC(NCCC)c1cccc(C(F)(F)F)c1. The van der Waals surface area contributed by atoms with Crippen LogP contribution in [0.4, 0.5) is 13.2 Å². The lowest BCUT2D eigenvalue weighted by atomic mass is 10.0. The minimum absolute atomic E-state index is 0.468. The van der Waals surface area contributed by atoms with Crippen molar-refractivity contribution in [3.05, 3.63) is 35.4 Å². The van der Waals surface area contributed by atoms with E-state index in [0.717, 1.165) is 18.6 Å². The summed E-state index contributed by atoms with van der Waals surface area (Å²) in [6.07, 6.45) is 1.85. The summed E-state index contributed by atoms with van der Waals surface area (Å²) in [5.41, 5.74) is -0.204. The van der Waals surface area contributed by atoms with Crippen LogP contribution in [0, 0.1) is 12.3 Å². The number of hydrogen-bond acceptors (Lipinski definition) is 1. The molecule has 0 saturated carbocycles. The van der Waals surface area contributed by atoms with Gasteiger partial charge in [0.1, 0.15) is 0 Å². The highest BCUT2D eigenvalue weighted by Crippen LogP contribution is 2.30. The van der Waals surface area contributed by atoms with E-state index in [4.69, 9.17) is 6.42 Å². The lowest BCUT2D eigenvalue weighted by Gasteiger charge is -2.14. The van der Waals surface area contributed by atoms with Crippen molar-refractivity contribution in [2.75, 3.05) is 6.54 Å². The van der Waals surface area contributed by atoms with Crippen molar-refractivity contribution in [2.45, 2.75) is 25.6 Å². The summed E-state index contributed by atoms with van der Waals surface area (Å²) in [6, 6.07) is 4.63. The topological polar surface area (TPSA) is 12.0 Å². The number of benzene rings is 1. The van der Waals surface area contributed by atoms with E-state index in [0.29, 0.717) is 12.1 Å². The molecule has 0 aliphatic carbocycles. The monoisotopic (exact) mass is 241 g/mol.